The molecule has 0 aliphatic carbocycles. The van der Waals surface area contributed by atoms with Crippen molar-refractivity contribution in [3.63, 3.8) is 0 Å². The lowest BCUT2D eigenvalue weighted by Crippen LogP contribution is -2.38. The molecule has 3 amide bonds. The Labute approximate surface area is 252 Å². The zero-order valence-electron chi connectivity index (χ0n) is 22.7. The minimum absolute atomic E-state index is 0.0142. The fourth-order valence-electron chi connectivity index (χ4n) is 4.50. The number of benzene rings is 3. The van der Waals surface area contributed by atoms with E-state index in [2.05, 4.69) is 10.2 Å². The Morgan fingerprint density at radius 1 is 1.05 bits per heavy atom. The fraction of sp³-hybridized carbons (Fsp3) is 0.207. The predicted molar refractivity (Wildman–Crippen MR) is 155 cm³/mol. The molecule has 0 radical (unpaired) electrons. The maximum atomic E-state index is 13.1. The first-order valence-electron chi connectivity index (χ1n) is 13.1. The quantitative estimate of drug-likeness (QED) is 0.184. The molecule has 2 fully saturated rings. The van der Waals surface area contributed by atoms with E-state index in [0.717, 1.165) is 16.7 Å². The Hall–Kier alpha value is -4.89. The van der Waals surface area contributed by atoms with Gasteiger partial charge in [0.05, 0.1) is 40.0 Å². The van der Waals surface area contributed by atoms with Crippen LogP contribution in [-0.4, -0.2) is 59.7 Å². The number of carbonyl (C=O) groups is 3. The Balaban J connectivity index is 1.32. The van der Waals surface area contributed by atoms with Gasteiger partial charge in [-0.15, -0.1) is 0 Å². The average Bonchev–Trinajstić information content (AvgIpc) is 3.25. The molecule has 3 aromatic carbocycles. The number of nitro benzene ring substituents is 1. The molecule has 0 saturated carbocycles. The maximum absolute atomic E-state index is 13.1. The van der Waals surface area contributed by atoms with Crippen molar-refractivity contribution < 1.29 is 42.0 Å². The number of para-hydroxylation sites is 3. The second-order valence-corrected chi connectivity index (χ2v) is 10.5. The molecule has 0 aromatic heterocycles. The zero-order valence-corrected chi connectivity index (χ0v) is 23.5. The third-order valence-electron chi connectivity index (χ3n) is 6.61. The van der Waals surface area contributed by atoms with Gasteiger partial charge in [-0.3, -0.25) is 29.4 Å². The summed E-state index contributed by atoms with van der Waals surface area (Å²) in [6.07, 6.45) is -3.49. The number of imide groups is 1. The Bertz CT molecular complexity index is 1660. The van der Waals surface area contributed by atoms with Gasteiger partial charge in [0, 0.05) is 24.7 Å². The molecular weight excluding hydrogens is 605 g/mol. The highest BCUT2D eigenvalue weighted by Crippen LogP contribution is 2.40. The van der Waals surface area contributed by atoms with Gasteiger partial charge in [-0.25, -0.2) is 0 Å². The summed E-state index contributed by atoms with van der Waals surface area (Å²) in [5.74, 6) is -1.80. The molecular formula is C29H23F3N4O7S. The van der Waals surface area contributed by atoms with Crippen molar-refractivity contribution in [2.75, 3.05) is 43.1 Å². The van der Waals surface area contributed by atoms with Gasteiger partial charge in [-0.2, -0.15) is 13.2 Å². The van der Waals surface area contributed by atoms with Gasteiger partial charge in [-0.1, -0.05) is 30.3 Å². The number of rotatable bonds is 8. The van der Waals surface area contributed by atoms with Crippen LogP contribution in [0.25, 0.3) is 6.08 Å². The van der Waals surface area contributed by atoms with Crippen LogP contribution in [0, 0.1) is 10.1 Å². The van der Waals surface area contributed by atoms with Crippen LogP contribution in [0.3, 0.4) is 0 Å². The Kier molecular flexibility index (Phi) is 8.87. The number of anilines is 2. The number of thioether (sulfide) groups is 1. The SMILES string of the molecule is O=C(CN1C(=O)S/C(=C/c2ccccc2Oc2ccc(C(F)(F)F)cc2[N+](=O)[O-])C1=O)Nc1ccccc1N1CCOCC1. The summed E-state index contributed by atoms with van der Waals surface area (Å²) in [5.41, 5.74) is -0.604. The fourth-order valence-corrected chi connectivity index (χ4v) is 5.33. The van der Waals surface area contributed by atoms with E-state index in [1.165, 1.54) is 24.3 Å². The minimum atomic E-state index is -4.80. The highest BCUT2D eigenvalue weighted by Gasteiger charge is 2.37. The molecule has 2 saturated heterocycles. The third kappa shape index (κ3) is 6.84. The molecule has 0 spiro atoms. The highest BCUT2D eigenvalue weighted by atomic mass is 32.2. The summed E-state index contributed by atoms with van der Waals surface area (Å²) in [5, 5.41) is 13.6. The highest BCUT2D eigenvalue weighted by molar-refractivity contribution is 8.18. The molecule has 0 unspecified atom stereocenters. The lowest BCUT2D eigenvalue weighted by molar-refractivity contribution is -0.385. The van der Waals surface area contributed by atoms with Crippen molar-refractivity contribution in [2.45, 2.75) is 6.18 Å². The summed E-state index contributed by atoms with van der Waals surface area (Å²) in [7, 11) is 0. The average molecular weight is 629 g/mol. The molecule has 0 bridgehead atoms. The number of hydrogen-bond donors (Lipinski definition) is 1. The molecule has 228 valence electrons. The van der Waals surface area contributed by atoms with Crippen LogP contribution in [0.4, 0.5) is 35.0 Å². The number of hydrogen-bond acceptors (Lipinski definition) is 9. The standard InChI is InChI=1S/C29H23F3N4O7S/c30-29(31,32)19-9-10-24(22(16-19)36(40)41)43-23-8-4-1-5-18(23)15-25-27(38)35(28(39)44-25)17-26(37)33-20-6-2-3-7-21(20)34-11-13-42-14-12-34/h1-10,15-16H,11-14,17H2,(H,33,37)/b25-15+. The van der Waals surface area contributed by atoms with E-state index in [1.807, 2.05) is 12.1 Å². The number of ether oxygens (including phenoxy) is 2. The van der Waals surface area contributed by atoms with Crippen LogP contribution in [-0.2, 0) is 20.5 Å². The van der Waals surface area contributed by atoms with Crippen molar-refractivity contribution in [3.8, 4) is 11.5 Å². The van der Waals surface area contributed by atoms with E-state index in [4.69, 9.17) is 9.47 Å². The lowest BCUT2D eigenvalue weighted by Gasteiger charge is -2.30. The number of nitro groups is 1. The van der Waals surface area contributed by atoms with Gasteiger partial charge in [0.25, 0.3) is 11.1 Å². The number of morpholine rings is 1. The monoisotopic (exact) mass is 628 g/mol. The van der Waals surface area contributed by atoms with E-state index in [1.54, 1.807) is 18.2 Å². The van der Waals surface area contributed by atoms with E-state index in [9.17, 15) is 37.7 Å². The van der Waals surface area contributed by atoms with Crippen molar-refractivity contribution in [1.29, 1.82) is 0 Å². The largest absolute Gasteiger partial charge is 0.449 e. The Morgan fingerprint density at radius 2 is 1.75 bits per heavy atom. The molecule has 2 heterocycles. The second-order valence-electron chi connectivity index (χ2n) is 9.51. The van der Waals surface area contributed by atoms with E-state index in [0.29, 0.717) is 55.9 Å². The maximum Gasteiger partial charge on any atom is 0.416 e. The first-order valence-corrected chi connectivity index (χ1v) is 13.9. The van der Waals surface area contributed by atoms with Crippen molar-refractivity contribution >= 4 is 52.0 Å². The van der Waals surface area contributed by atoms with Gasteiger partial charge in [-0.05, 0) is 48.2 Å². The van der Waals surface area contributed by atoms with Crippen LogP contribution in [0.1, 0.15) is 11.1 Å². The number of nitrogens with one attached hydrogen (secondary N) is 1. The number of carbonyl (C=O) groups excluding carboxylic acids is 3. The number of amides is 3. The summed E-state index contributed by atoms with van der Waals surface area (Å²) < 4.78 is 50.3. The molecule has 11 nitrogen and oxygen atoms in total. The molecule has 3 aromatic rings. The van der Waals surface area contributed by atoms with E-state index >= 15 is 0 Å². The summed E-state index contributed by atoms with van der Waals surface area (Å²) in [6.45, 7) is 1.81. The topological polar surface area (TPSA) is 131 Å². The van der Waals surface area contributed by atoms with Crippen molar-refractivity contribution in [1.82, 2.24) is 4.90 Å². The Morgan fingerprint density at radius 3 is 2.48 bits per heavy atom. The predicted octanol–water partition coefficient (Wildman–Crippen LogP) is 5.92. The molecule has 1 N–H and O–H groups in total. The van der Waals surface area contributed by atoms with Gasteiger partial charge >= 0.3 is 11.9 Å². The zero-order chi connectivity index (χ0) is 31.4. The van der Waals surface area contributed by atoms with Gasteiger partial charge < -0.3 is 19.7 Å². The van der Waals surface area contributed by atoms with Crippen LogP contribution in [0.5, 0.6) is 11.5 Å². The first-order chi connectivity index (χ1) is 21.0. The molecule has 15 heteroatoms. The van der Waals surface area contributed by atoms with Crippen molar-refractivity contribution in [3.05, 3.63) is 92.9 Å². The lowest BCUT2D eigenvalue weighted by atomic mass is 10.1. The van der Waals surface area contributed by atoms with Crippen LogP contribution in [0.15, 0.2) is 71.6 Å². The normalized spacial score (nSPS) is 16.4. The van der Waals surface area contributed by atoms with Gasteiger partial charge in [0.2, 0.25) is 11.7 Å². The number of nitrogens with zero attached hydrogens (tertiary/aromatic N) is 3. The second kappa shape index (κ2) is 12.8. The summed E-state index contributed by atoms with van der Waals surface area (Å²) in [6, 6.07) is 15.0. The van der Waals surface area contributed by atoms with Gasteiger partial charge in [0.1, 0.15) is 12.3 Å². The first kappa shape index (κ1) is 30.6. The third-order valence-corrected chi connectivity index (χ3v) is 7.52. The molecule has 44 heavy (non-hydrogen) atoms. The van der Waals surface area contributed by atoms with Crippen LogP contribution < -0.4 is 15.0 Å². The van der Waals surface area contributed by atoms with E-state index in [-0.39, 0.29) is 16.2 Å². The molecule has 5 rings (SSSR count). The molecule has 2 aliphatic rings. The van der Waals surface area contributed by atoms with Crippen LogP contribution in [0.2, 0.25) is 0 Å². The smallest absolute Gasteiger partial charge is 0.416 e. The summed E-state index contributed by atoms with van der Waals surface area (Å²) >= 11 is 0.586. The van der Waals surface area contributed by atoms with E-state index < -0.39 is 51.7 Å². The molecule has 0 atom stereocenters. The minimum Gasteiger partial charge on any atom is -0.449 e. The molecule has 2 aliphatic heterocycles. The van der Waals surface area contributed by atoms with Crippen molar-refractivity contribution in [2.24, 2.45) is 0 Å². The summed E-state index contributed by atoms with van der Waals surface area (Å²) in [4.78, 5) is 52.1. The van der Waals surface area contributed by atoms with Gasteiger partial charge in [0.15, 0.2) is 0 Å². The number of halogens is 3. The van der Waals surface area contributed by atoms with Crippen LogP contribution >= 0.6 is 11.8 Å². The number of alkyl halides is 3.